The number of quaternary nitrogens is 1. The minimum atomic E-state index is -0.152. The Bertz CT molecular complexity index is 745. The molecule has 0 amide bonds. The highest BCUT2D eigenvalue weighted by Gasteiger charge is 2.28. The SMILES string of the molecule is CC[NH+](CC)CCOC(=O)[C@@H](Cc1cccc2ccccc12)C[C@@H]1CCCO1. The van der Waals surface area contributed by atoms with Crippen molar-refractivity contribution >= 4 is 16.7 Å². The number of hydrogen-bond acceptors (Lipinski definition) is 3. The third-order valence-corrected chi connectivity index (χ3v) is 5.95. The van der Waals surface area contributed by atoms with Crippen molar-refractivity contribution < 1.29 is 19.2 Å². The van der Waals surface area contributed by atoms with Gasteiger partial charge in [0.05, 0.1) is 25.1 Å². The molecule has 1 N–H and O–H groups in total. The van der Waals surface area contributed by atoms with Crippen molar-refractivity contribution in [2.45, 2.75) is 45.6 Å². The summed E-state index contributed by atoms with van der Waals surface area (Å²) in [5, 5.41) is 2.44. The standard InChI is InChI=1S/C24H33NO3/c1-3-25(4-2)14-16-28-24(26)21(18-22-12-8-15-27-22)17-20-11-7-10-19-9-5-6-13-23(19)20/h5-7,9-11,13,21-22H,3-4,8,12,14-18H2,1-2H3/p+1/t21-,22-/m0/s1. The van der Waals surface area contributed by atoms with Crippen LogP contribution in [0, 0.1) is 5.92 Å². The lowest BCUT2D eigenvalue weighted by Crippen LogP contribution is -3.11. The molecule has 0 aromatic heterocycles. The van der Waals surface area contributed by atoms with Gasteiger partial charge in [-0.05, 0) is 55.9 Å². The molecule has 0 bridgehead atoms. The molecule has 2 aromatic carbocycles. The van der Waals surface area contributed by atoms with Crippen molar-refractivity contribution in [3.8, 4) is 0 Å². The second-order valence-corrected chi connectivity index (χ2v) is 7.78. The number of rotatable bonds is 10. The molecule has 0 spiro atoms. The van der Waals surface area contributed by atoms with Crippen LogP contribution in [0.5, 0.6) is 0 Å². The zero-order valence-electron chi connectivity index (χ0n) is 17.3. The predicted octanol–water partition coefficient (Wildman–Crippen LogP) is 3.04. The first-order valence-electron chi connectivity index (χ1n) is 10.8. The molecule has 4 nitrogen and oxygen atoms in total. The lowest BCUT2D eigenvalue weighted by molar-refractivity contribution is -0.896. The first kappa shape index (κ1) is 20.8. The zero-order valence-corrected chi connectivity index (χ0v) is 17.3. The topological polar surface area (TPSA) is 40.0 Å². The largest absolute Gasteiger partial charge is 0.459 e. The molecule has 28 heavy (non-hydrogen) atoms. The number of nitrogens with one attached hydrogen (secondary N) is 1. The van der Waals surface area contributed by atoms with Gasteiger partial charge in [0.1, 0.15) is 13.2 Å². The number of carbonyl (C=O) groups is 1. The fourth-order valence-corrected chi connectivity index (χ4v) is 4.16. The number of benzene rings is 2. The van der Waals surface area contributed by atoms with E-state index in [1.807, 2.05) is 0 Å². The van der Waals surface area contributed by atoms with Crippen LogP contribution in [0.4, 0.5) is 0 Å². The molecule has 1 heterocycles. The van der Waals surface area contributed by atoms with Gasteiger partial charge in [0.15, 0.2) is 0 Å². The number of hydrogen-bond donors (Lipinski definition) is 1. The third-order valence-electron chi connectivity index (χ3n) is 5.95. The van der Waals surface area contributed by atoms with Gasteiger partial charge in [0.25, 0.3) is 0 Å². The quantitative estimate of drug-likeness (QED) is 0.640. The van der Waals surface area contributed by atoms with Crippen LogP contribution in [-0.4, -0.2) is 44.9 Å². The van der Waals surface area contributed by atoms with Gasteiger partial charge >= 0.3 is 5.97 Å². The molecule has 1 aliphatic heterocycles. The summed E-state index contributed by atoms with van der Waals surface area (Å²) in [6, 6.07) is 14.7. The van der Waals surface area contributed by atoms with E-state index >= 15 is 0 Å². The van der Waals surface area contributed by atoms with Crippen LogP contribution in [0.2, 0.25) is 0 Å². The summed E-state index contributed by atoms with van der Waals surface area (Å²) in [5.41, 5.74) is 1.22. The maximum absolute atomic E-state index is 12.9. The molecule has 1 aliphatic rings. The Hall–Kier alpha value is -1.91. The van der Waals surface area contributed by atoms with Crippen molar-refractivity contribution in [2.75, 3.05) is 32.8 Å². The maximum atomic E-state index is 12.9. The van der Waals surface area contributed by atoms with Crippen molar-refractivity contribution in [2.24, 2.45) is 5.92 Å². The van der Waals surface area contributed by atoms with E-state index < -0.39 is 0 Å². The van der Waals surface area contributed by atoms with E-state index in [0.717, 1.165) is 45.5 Å². The number of fused-ring (bicyclic) bond motifs is 1. The van der Waals surface area contributed by atoms with Crippen LogP contribution in [0.15, 0.2) is 42.5 Å². The lowest BCUT2D eigenvalue weighted by Gasteiger charge is -2.21. The zero-order chi connectivity index (χ0) is 19.8. The van der Waals surface area contributed by atoms with Gasteiger partial charge in [-0.25, -0.2) is 0 Å². The number of ether oxygens (including phenoxy) is 2. The first-order chi connectivity index (χ1) is 13.7. The smallest absolute Gasteiger partial charge is 0.309 e. The van der Waals surface area contributed by atoms with Crippen LogP contribution >= 0.6 is 0 Å². The van der Waals surface area contributed by atoms with E-state index in [-0.39, 0.29) is 18.0 Å². The summed E-state index contributed by atoms with van der Waals surface area (Å²) < 4.78 is 11.5. The average molecular weight is 385 g/mol. The number of likely N-dealkylation sites (N-methyl/N-ethyl adjacent to an activating group) is 1. The normalized spacial score (nSPS) is 17.9. The van der Waals surface area contributed by atoms with Gasteiger partial charge in [-0.15, -0.1) is 0 Å². The highest BCUT2D eigenvalue weighted by atomic mass is 16.5. The van der Waals surface area contributed by atoms with E-state index in [1.54, 1.807) is 0 Å². The van der Waals surface area contributed by atoms with Crippen LogP contribution in [0.3, 0.4) is 0 Å². The third kappa shape index (κ3) is 5.55. The Balaban J connectivity index is 1.69. The Labute approximate surface area is 168 Å². The van der Waals surface area contributed by atoms with Crippen molar-refractivity contribution in [1.29, 1.82) is 0 Å². The van der Waals surface area contributed by atoms with E-state index in [9.17, 15) is 4.79 Å². The van der Waals surface area contributed by atoms with E-state index in [4.69, 9.17) is 9.47 Å². The second-order valence-electron chi connectivity index (χ2n) is 7.78. The molecule has 1 fully saturated rings. The highest BCUT2D eigenvalue weighted by molar-refractivity contribution is 5.86. The molecule has 0 unspecified atom stereocenters. The first-order valence-corrected chi connectivity index (χ1v) is 10.8. The summed E-state index contributed by atoms with van der Waals surface area (Å²) >= 11 is 0. The van der Waals surface area contributed by atoms with Crippen molar-refractivity contribution in [3.63, 3.8) is 0 Å². The van der Waals surface area contributed by atoms with Gasteiger partial charge in [0, 0.05) is 6.61 Å². The van der Waals surface area contributed by atoms with Crippen LogP contribution in [-0.2, 0) is 20.7 Å². The minimum Gasteiger partial charge on any atom is -0.459 e. The van der Waals surface area contributed by atoms with Crippen LogP contribution in [0.1, 0.15) is 38.7 Å². The summed E-state index contributed by atoms with van der Waals surface area (Å²) in [6.45, 7) is 8.63. The second kappa shape index (κ2) is 10.6. The Morgan fingerprint density at radius 1 is 1.18 bits per heavy atom. The molecule has 0 aliphatic carbocycles. The summed E-state index contributed by atoms with van der Waals surface area (Å²) in [7, 11) is 0. The summed E-state index contributed by atoms with van der Waals surface area (Å²) in [4.78, 5) is 14.4. The predicted molar refractivity (Wildman–Crippen MR) is 113 cm³/mol. The van der Waals surface area contributed by atoms with E-state index in [2.05, 4.69) is 56.3 Å². The fraction of sp³-hybridized carbons (Fsp3) is 0.542. The van der Waals surface area contributed by atoms with Crippen LogP contribution in [0.25, 0.3) is 10.8 Å². The Kier molecular flexibility index (Phi) is 7.87. The maximum Gasteiger partial charge on any atom is 0.309 e. The minimum absolute atomic E-state index is 0.0741. The van der Waals surface area contributed by atoms with E-state index in [0.29, 0.717) is 13.0 Å². The van der Waals surface area contributed by atoms with Crippen molar-refractivity contribution in [1.82, 2.24) is 0 Å². The lowest BCUT2D eigenvalue weighted by atomic mass is 9.90. The van der Waals surface area contributed by atoms with Gasteiger partial charge in [-0.3, -0.25) is 4.79 Å². The van der Waals surface area contributed by atoms with Crippen LogP contribution < -0.4 is 4.90 Å². The molecule has 2 aromatic rings. The molecular formula is C24H34NO3+. The van der Waals surface area contributed by atoms with Crippen molar-refractivity contribution in [3.05, 3.63) is 48.0 Å². The van der Waals surface area contributed by atoms with Gasteiger partial charge in [-0.1, -0.05) is 42.5 Å². The van der Waals surface area contributed by atoms with Gasteiger partial charge in [-0.2, -0.15) is 0 Å². The highest BCUT2D eigenvalue weighted by Crippen LogP contribution is 2.27. The molecule has 0 saturated carbocycles. The molecule has 152 valence electrons. The number of carbonyl (C=O) groups excluding carboxylic acids is 1. The summed E-state index contributed by atoms with van der Waals surface area (Å²) in [5.74, 6) is -0.226. The Morgan fingerprint density at radius 2 is 1.96 bits per heavy atom. The average Bonchev–Trinajstić information content (AvgIpc) is 3.24. The molecule has 1 saturated heterocycles. The monoisotopic (exact) mass is 384 g/mol. The Morgan fingerprint density at radius 3 is 2.71 bits per heavy atom. The molecule has 3 rings (SSSR count). The molecule has 4 heteroatoms. The van der Waals surface area contributed by atoms with E-state index in [1.165, 1.54) is 21.2 Å². The fourth-order valence-electron chi connectivity index (χ4n) is 4.16. The molecular weight excluding hydrogens is 350 g/mol. The summed E-state index contributed by atoms with van der Waals surface area (Å²) in [6.07, 6.45) is 3.77. The van der Waals surface area contributed by atoms with Gasteiger partial charge in [0.2, 0.25) is 0 Å². The van der Waals surface area contributed by atoms with Gasteiger partial charge < -0.3 is 14.4 Å². The molecule has 2 atom stereocenters. The molecule has 0 radical (unpaired) electrons. The number of esters is 1.